The van der Waals surface area contributed by atoms with E-state index in [1.807, 2.05) is 0 Å². The van der Waals surface area contributed by atoms with Crippen molar-refractivity contribution in [2.45, 2.75) is 13.5 Å². The van der Waals surface area contributed by atoms with Gasteiger partial charge in [0.1, 0.15) is 5.75 Å². The molecule has 0 amide bonds. The summed E-state index contributed by atoms with van der Waals surface area (Å²) in [6, 6.07) is 6.98. The number of Topliss-reactive ketones (excluding diaryl/α,β-unsaturated/α-hetero) is 1. The highest BCUT2D eigenvalue weighted by atomic mass is 79.9. The number of aryl methyl sites for hydroxylation is 1. The number of halogens is 1. The Kier molecular flexibility index (Phi) is 5.05. The van der Waals surface area contributed by atoms with Crippen molar-refractivity contribution < 1.29 is 35.6 Å². The first kappa shape index (κ1) is 15.2. The molecule has 0 saturated heterocycles. The van der Waals surface area contributed by atoms with Crippen LogP contribution >= 0.6 is 0 Å². The Morgan fingerprint density at radius 3 is 2.53 bits per heavy atom. The SMILES string of the molecule is COc1ccc(C(=O)C[n+]2nc(C)oc2N)cc1.[Br-]. The van der Waals surface area contributed by atoms with Crippen LogP contribution in [0.25, 0.3) is 0 Å². The lowest BCUT2D eigenvalue weighted by Gasteiger charge is -2.00. The van der Waals surface area contributed by atoms with E-state index in [4.69, 9.17) is 14.9 Å². The molecule has 2 rings (SSSR count). The van der Waals surface area contributed by atoms with Crippen LogP contribution in [0.3, 0.4) is 0 Å². The number of nitrogens with two attached hydrogens (primary N) is 1. The number of carbonyl (C=O) groups is 1. The van der Waals surface area contributed by atoms with E-state index in [2.05, 4.69) is 5.10 Å². The van der Waals surface area contributed by atoms with Crippen LogP contribution < -0.4 is 32.1 Å². The van der Waals surface area contributed by atoms with Gasteiger partial charge in [-0.2, -0.15) is 0 Å². The van der Waals surface area contributed by atoms with Gasteiger partial charge in [0.05, 0.1) is 7.11 Å². The average molecular weight is 328 g/mol. The number of aromatic nitrogens is 2. The van der Waals surface area contributed by atoms with Crippen molar-refractivity contribution in [3.8, 4) is 5.75 Å². The van der Waals surface area contributed by atoms with Gasteiger partial charge in [0, 0.05) is 12.5 Å². The van der Waals surface area contributed by atoms with Crippen molar-refractivity contribution in [2.75, 3.05) is 12.8 Å². The van der Waals surface area contributed by atoms with Crippen molar-refractivity contribution in [1.82, 2.24) is 5.10 Å². The van der Waals surface area contributed by atoms with Crippen molar-refractivity contribution in [3.05, 3.63) is 35.7 Å². The Morgan fingerprint density at radius 2 is 2.05 bits per heavy atom. The summed E-state index contributed by atoms with van der Waals surface area (Å²) in [7, 11) is 1.57. The van der Waals surface area contributed by atoms with Crippen LogP contribution in [0.15, 0.2) is 28.7 Å². The first-order valence-corrected chi connectivity index (χ1v) is 5.40. The number of carbonyl (C=O) groups excluding carboxylic acids is 1. The van der Waals surface area contributed by atoms with Crippen molar-refractivity contribution in [2.24, 2.45) is 0 Å². The second-order valence-corrected chi connectivity index (χ2v) is 3.77. The minimum atomic E-state index is -0.0948. The molecular weight excluding hydrogens is 314 g/mol. The predicted molar refractivity (Wildman–Crippen MR) is 63.2 cm³/mol. The Labute approximate surface area is 120 Å². The third kappa shape index (κ3) is 3.54. The summed E-state index contributed by atoms with van der Waals surface area (Å²) < 4.78 is 11.4. The maximum atomic E-state index is 12.0. The molecular formula is C12H14BrN3O3. The number of hydrogen-bond acceptors (Lipinski definition) is 5. The molecule has 1 heterocycles. The highest BCUT2D eigenvalue weighted by molar-refractivity contribution is 5.95. The molecule has 0 aliphatic rings. The number of ether oxygens (including phenoxy) is 1. The van der Waals surface area contributed by atoms with Crippen molar-refractivity contribution in [1.29, 1.82) is 0 Å². The Bertz CT molecular complexity index is 566. The fourth-order valence-corrected chi connectivity index (χ4v) is 1.56. The van der Waals surface area contributed by atoms with Crippen LogP contribution in [0, 0.1) is 6.92 Å². The normalized spacial score (nSPS) is 9.79. The fourth-order valence-electron chi connectivity index (χ4n) is 1.56. The minimum Gasteiger partial charge on any atom is -1.00 e. The smallest absolute Gasteiger partial charge is 0.475 e. The van der Waals surface area contributed by atoms with Crippen LogP contribution in [0.1, 0.15) is 16.2 Å². The Balaban J connectivity index is 0.00000180. The third-order valence-electron chi connectivity index (χ3n) is 2.47. The maximum Gasteiger partial charge on any atom is 0.475 e. The molecule has 1 aromatic carbocycles. The summed E-state index contributed by atoms with van der Waals surface area (Å²) in [6.45, 7) is 1.72. The molecule has 7 heteroatoms. The summed E-state index contributed by atoms with van der Waals surface area (Å²) in [5.74, 6) is 1.04. The van der Waals surface area contributed by atoms with E-state index < -0.39 is 0 Å². The van der Waals surface area contributed by atoms with Gasteiger partial charge in [0.2, 0.25) is 11.7 Å². The monoisotopic (exact) mass is 327 g/mol. The molecule has 19 heavy (non-hydrogen) atoms. The lowest BCUT2D eigenvalue weighted by molar-refractivity contribution is -0.727. The van der Waals surface area contributed by atoms with Crippen LogP contribution in [0.5, 0.6) is 5.75 Å². The fraction of sp³-hybridized carbons (Fsp3) is 0.250. The summed E-state index contributed by atoms with van der Waals surface area (Å²) in [6.07, 6.45) is 0. The number of ketones is 1. The molecule has 1 aromatic heterocycles. The van der Waals surface area contributed by atoms with E-state index in [-0.39, 0.29) is 35.3 Å². The molecule has 0 bridgehead atoms. The largest absolute Gasteiger partial charge is 1.00 e. The molecule has 0 saturated carbocycles. The second-order valence-electron chi connectivity index (χ2n) is 3.77. The van der Waals surface area contributed by atoms with Crippen LogP contribution in [-0.4, -0.2) is 18.0 Å². The zero-order valence-electron chi connectivity index (χ0n) is 10.6. The number of hydrogen-bond donors (Lipinski definition) is 1. The zero-order chi connectivity index (χ0) is 13.1. The van der Waals surface area contributed by atoms with Crippen LogP contribution in [-0.2, 0) is 6.54 Å². The topological polar surface area (TPSA) is 82.2 Å². The molecule has 0 atom stereocenters. The van der Waals surface area contributed by atoms with E-state index in [1.54, 1.807) is 38.3 Å². The Hall–Kier alpha value is -1.89. The Morgan fingerprint density at radius 1 is 1.42 bits per heavy atom. The van der Waals surface area contributed by atoms with E-state index in [1.165, 1.54) is 4.68 Å². The second kappa shape index (κ2) is 6.33. The van der Waals surface area contributed by atoms with Crippen molar-refractivity contribution in [3.63, 3.8) is 0 Å². The molecule has 0 unspecified atom stereocenters. The number of methoxy groups -OCH3 is 1. The molecule has 102 valence electrons. The first-order chi connectivity index (χ1) is 8.60. The highest BCUT2D eigenvalue weighted by Gasteiger charge is 2.18. The molecule has 0 fully saturated rings. The molecule has 0 aliphatic heterocycles. The standard InChI is InChI=1S/C12H13N3O3.BrH/c1-8-14-15(12(13)18-8)7-11(16)9-3-5-10(17-2)6-4-9;/h3-6,13H,7H2,1-2H3;1H. The number of rotatable bonds is 4. The zero-order valence-corrected chi connectivity index (χ0v) is 12.2. The number of nitrogen functional groups attached to an aromatic ring is 1. The number of benzene rings is 1. The van der Waals surface area contributed by atoms with Crippen LogP contribution in [0.4, 0.5) is 6.01 Å². The van der Waals surface area contributed by atoms with Gasteiger partial charge in [0.15, 0.2) is 6.54 Å². The van der Waals surface area contributed by atoms with Gasteiger partial charge in [-0.15, -0.1) is 0 Å². The van der Waals surface area contributed by atoms with Gasteiger partial charge in [-0.1, -0.05) is 4.68 Å². The number of anilines is 1. The van der Waals surface area contributed by atoms with Gasteiger partial charge in [-0.25, -0.2) is 0 Å². The van der Waals surface area contributed by atoms with E-state index in [0.29, 0.717) is 17.2 Å². The highest BCUT2D eigenvalue weighted by Crippen LogP contribution is 2.11. The molecule has 0 aliphatic carbocycles. The summed E-state index contributed by atoms with van der Waals surface area (Å²) in [5.41, 5.74) is 6.15. The maximum absolute atomic E-state index is 12.0. The van der Waals surface area contributed by atoms with Gasteiger partial charge < -0.3 is 26.1 Å². The average Bonchev–Trinajstić information content (AvgIpc) is 2.68. The van der Waals surface area contributed by atoms with Crippen LogP contribution in [0.2, 0.25) is 0 Å². The third-order valence-corrected chi connectivity index (χ3v) is 2.47. The van der Waals surface area contributed by atoms with Crippen molar-refractivity contribution >= 4 is 11.8 Å². The molecule has 2 N–H and O–H groups in total. The number of nitrogens with zero attached hydrogens (tertiary/aromatic N) is 2. The minimum absolute atomic E-state index is 0. The summed E-state index contributed by atoms with van der Waals surface area (Å²) in [5, 5.41) is 3.99. The van der Waals surface area contributed by atoms with E-state index >= 15 is 0 Å². The van der Waals surface area contributed by atoms with E-state index in [0.717, 1.165) is 0 Å². The molecule has 6 nitrogen and oxygen atoms in total. The summed E-state index contributed by atoms with van der Waals surface area (Å²) in [4.78, 5) is 12.0. The predicted octanol–water partition coefficient (Wildman–Crippen LogP) is -2.25. The summed E-state index contributed by atoms with van der Waals surface area (Å²) >= 11 is 0. The molecule has 2 aromatic rings. The van der Waals surface area contributed by atoms with Gasteiger partial charge in [-0.05, 0) is 29.4 Å². The van der Waals surface area contributed by atoms with E-state index in [9.17, 15) is 4.79 Å². The van der Waals surface area contributed by atoms with Gasteiger partial charge in [-0.3, -0.25) is 10.5 Å². The quantitative estimate of drug-likeness (QED) is 0.506. The lowest BCUT2D eigenvalue weighted by Crippen LogP contribution is -3.00. The first-order valence-electron chi connectivity index (χ1n) is 5.40. The molecule has 0 spiro atoms. The lowest BCUT2D eigenvalue weighted by atomic mass is 10.1. The molecule has 0 radical (unpaired) electrons. The van der Waals surface area contributed by atoms with Gasteiger partial charge in [0.25, 0.3) is 0 Å². The van der Waals surface area contributed by atoms with Gasteiger partial charge >= 0.3 is 6.01 Å².